The second-order valence-electron chi connectivity index (χ2n) is 6.85. The minimum Gasteiger partial charge on any atom is -0.496 e. The lowest BCUT2D eigenvalue weighted by Gasteiger charge is -2.29. The maximum absolute atomic E-state index is 9.10. The van der Waals surface area contributed by atoms with Crippen LogP contribution in [-0.2, 0) is 29.1 Å². The van der Waals surface area contributed by atoms with Crippen LogP contribution in [0.25, 0.3) is 0 Å². The fourth-order valence-electron chi connectivity index (χ4n) is 3.37. The number of fused-ring (bicyclic) bond motifs is 1. The molecule has 0 fully saturated rings. The smallest absolute Gasteiger partial charge is 0.414 e. The summed E-state index contributed by atoms with van der Waals surface area (Å²) >= 11 is 0. The summed E-state index contributed by atoms with van der Waals surface area (Å²) in [7, 11) is 5.08. The SMILES string of the molecule is COc1ccc(CN2CCc3cc(OC)c(OC)cc3C2)cc1C.O=C(O)C(=O)O. The topological polar surface area (TPSA) is 106 Å². The average molecular weight is 417 g/mol. The van der Waals surface area contributed by atoms with E-state index in [1.165, 1.54) is 22.3 Å². The molecule has 3 rings (SSSR count). The Kier molecular flexibility index (Phi) is 8.06. The van der Waals surface area contributed by atoms with Gasteiger partial charge in [0.05, 0.1) is 21.3 Å². The molecule has 8 nitrogen and oxygen atoms in total. The van der Waals surface area contributed by atoms with Gasteiger partial charge in [-0.3, -0.25) is 4.90 Å². The molecule has 0 unspecified atom stereocenters. The molecule has 1 aliphatic rings. The Bertz CT molecular complexity index is 899. The molecule has 2 N–H and O–H groups in total. The van der Waals surface area contributed by atoms with Crippen LogP contribution in [-0.4, -0.2) is 54.9 Å². The van der Waals surface area contributed by atoms with Crippen molar-refractivity contribution in [1.29, 1.82) is 0 Å². The number of ether oxygens (including phenoxy) is 3. The average Bonchev–Trinajstić information content (AvgIpc) is 2.73. The number of methoxy groups -OCH3 is 3. The molecule has 0 saturated carbocycles. The van der Waals surface area contributed by atoms with Crippen LogP contribution in [0.2, 0.25) is 0 Å². The van der Waals surface area contributed by atoms with Gasteiger partial charge in [-0.15, -0.1) is 0 Å². The molecule has 8 heteroatoms. The summed E-state index contributed by atoms with van der Waals surface area (Å²) in [5, 5.41) is 14.8. The molecule has 0 aliphatic carbocycles. The Morgan fingerprint density at radius 1 is 0.900 bits per heavy atom. The first kappa shape index (κ1) is 23.0. The van der Waals surface area contributed by atoms with Crippen LogP contribution < -0.4 is 14.2 Å². The molecular formula is C22H27NO7. The number of carboxylic acids is 2. The van der Waals surface area contributed by atoms with Crippen LogP contribution in [0.15, 0.2) is 30.3 Å². The Morgan fingerprint density at radius 3 is 1.97 bits per heavy atom. The quantitative estimate of drug-likeness (QED) is 0.716. The summed E-state index contributed by atoms with van der Waals surface area (Å²) in [4.78, 5) is 20.7. The minimum atomic E-state index is -1.82. The van der Waals surface area contributed by atoms with Crippen molar-refractivity contribution < 1.29 is 34.0 Å². The van der Waals surface area contributed by atoms with Crippen molar-refractivity contribution in [3.63, 3.8) is 0 Å². The Balaban J connectivity index is 0.000000469. The maximum atomic E-state index is 9.10. The highest BCUT2D eigenvalue weighted by Gasteiger charge is 2.19. The number of aryl methyl sites for hydroxylation is 1. The first-order valence-corrected chi connectivity index (χ1v) is 9.34. The molecular weight excluding hydrogens is 390 g/mol. The van der Waals surface area contributed by atoms with E-state index in [2.05, 4.69) is 42.2 Å². The van der Waals surface area contributed by atoms with Gasteiger partial charge >= 0.3 is 11.9 Å². The van der Waals surface area contributed by atoms with Crippen LogP contribution in [0.4, 0.5) is 0 Å². The van der Waals surface area contributed by atoms with E-state index in [0.717, 1.165) is 43.3 Å². The van der Waals surface area contributed by atoms with Crippen LogP contribution in [0.1, 0.15) is 22.3 Å². The highest BCUT2D eigenvalue weighted by atomic mass is 16.5. The Hall–Kier alpha value is -3.26. The normalized spacial score (nSPS) is 12.8. The molecule has 0 bridgehead atoms. The van der Waals surface area contributed by atoms with Crippen molar-refractivity contribution in [3.05, 3.63) is 52.6 Å². The van der Waals surface area contributed by atoms with Gasteiger partial charge < -0.3 is 24.4 Å². The van der Waals surface area contributed by atoms with Crippen LogP contribution in [0, 0.1) is 6.92 Å². The second kappa shape index (κ2) is 10.5. The molecule has 0 spiro atoms. The molecule has 0 atom stereocenters. The third-order valence-electron chi connectivity index (χ3n) is 4.85. The highest BCUT2D eigenvalue weighted by Crippen LogP contribution is 2.33. The first-order valence-electron chi connectivity index (χ1n) is 9.34. The number of hydrogen-bond donors (Lipinski definition) is 2. The Morgan fingerprint density at radius 2 is 1.47 bits per heavy atom. The van der Waals surface area contributed by atoms with E-state index in [-0.39, 0.29) is 0 Å². The standard InChI is InChI=1S/C20H25NO3.C2H2O4/c1-14-9-15(5-6-18(14)22-2)12-21-8-7-16-10-19(23-3)20(24-4)11-17(16)13-21;3-1(4)2(5)6/h5-6,9-11H,7-8,12-13H2,1-4H3;(H,3,4)(H,5,6). The van der Waals surface area contributed by atoms with Gasteiger partial charge in [-0.2, -0.15) is 0 Å². The summed E-state index contributed by atoms with van der Waals surface area (Å²) in [6.07, 6.45) is 1.03. The number of hydrogen-bond acceptors (Lipinski definition) is 6. The molecule has 0 saturated heterocycles. The number of carboxylic acid groups (broad SMARTS) is 2. The maximum Gasteiger partial charge on any atom is 0.414 e. The van der Waals surface area contributed by atoms with Crippen LogP contribution in [0.3, 0.4) is 0 Å². The van der Waals surface area contributed by atoms with E-state index in [9.17, 15) is 0 Å². The Labute approximate surface area is 175 Å². The third kappa shape index (κ3) is 5.87. The third-order valence-corrected chi connectivity index (χ3v) is 4.85. The van der Waals surface area contributed by atoms with E-state index in [1.54, 1.807) is 21.3 Å². The molecule has 2 aromatic rings. The zero-order valence-electron chi connectivity index (χ0n) is 17.6. The predicted octanol–water partition coefficient (Wildman–Crippen LogP) is 2.73. The van der Waals surface area contributed by atoms with Crippen molar-refractivity contribution in [1.82, 2.24) is 4.90 Å². The van der Waals surface area contributed by atoms with Gasteiger partial charge in [0.1, 0.15) is 5.75 Å². The van der Waals surface area contributed by atoms with Gasteiger partial charge in [-0.1, -0.05) is 12.1 Å². The number of benzene rings is 2. The summed E-state index contributed by atoms with van der Waals surface area (Å²) in [6.45, 7) is 5.01. The fourth-order valence-corrected chi connectivity index (χ4v) is 3.37. The van der Waals surface area contributed by atoms with Crippen molar-refractivity contribution in [2.45, 2.75) is 26.4 Å². The fraction of sp³-hybridized carbons (Fsp3) is 0.364. The first-order chi connectivity index (χ1) is 14.3. The number of rotatable bonds is 5. The molecule has 0 radical (unpaired) electrons. The second-order valence-corrected chi connectivity index (χ2v) is 6.85. The zero-order chi connectivity index (χ0) is 22.3. The molecule has 1 heterocycles. The van der Waals surface area contributed by atoms with Gasteiger partial charge in [0, 0.05) is 19.6 Å². The van der Waals surface area contributed by atoms with E-state index in [1.807, 2.05) is 0 Å². The van der Waals surface area contributed by atoms with E-state index < -0.39 is 11.9 Å². The predicted molar refractivity (Wildman–Crippen MR) is 110 cm³/mol. The van der Waals surface area contributed by atoms with Crippen molar-refractivity contribution in [2.75, 3.05) is 27.9 Å². The van der Waals surface area contributed by atoms with E-state index >= 15 is 0 Å². The summed E-state index contributed by atoms with van der Waals surface area (Å²) in [6, 6.07) is 10.6. The summed E-state index contributed by atoms with van der Waals surface area (Å²) < 4.78 is 16.2. The monoisotopic (exact) mass is 417 g/mol. The lowest BCUT2D eigenvalue weighted by molar-refractivity contribution is -0.159. The van der Waals surface area contributed by atoms with Gasteiger partial charge in [0.2, 0.25) is 0 Å². The molecule has 2 aromatic carbocycles. The highest BCUT2D eigenvalue weighted by molar-refractivity contribution is 6.27. The van der Waals surface area contributed by atoms with Gasteiger partial charge in [0.25, 0.3) is 0 Å². The number of aliphatic carboxylic acids is 2. The van der Waals surface area contributed by atoms with E-state index in [0.29, 0.717) is 0 Å². The molecule has 0 aromatic heterocycles. The number of carbonyl (C=O) groups is 2. The van der Waals surface area contributed by atoms with Crippen LogP contribution >= 0.6 is 0 Å². The zero-order valence-corrected chi connectivity index (χ0v) is 17.6. The largest absolute Gasteiger partial charge is 0.496 e. The number of nitrogens with zero attached hydrogens (tertiary/aromatic N) is 1. The van der Waals surface area contributed by atoms with Crippen LogP contribution in [0.5, 0.6) is 17.2 Å². The van der Waals surface area contributed by atoms with E-state index in [4.69, 9.17) is 34.0 Å². The molecule has 1 aliphatic heterocycles. The van der Waals surface area contributed by atoms with Gasteiger partial charge in [-0.05, 0) is 53.8 Å². The summed E-state index contributed by atoms with van der Waals surface area (Å²) in [5.74, 6) is -1.08. The minimum absolute atomic E-state index is 0.804. The van der Waals surface area contributed by atoms with Gasteiger partial charge in [-0.25, -0.2) is 9.59 Å². The molecule has 30 heavy (non-hydrogen) atoms. The summed E-state index contributed by atoms with van der Waals surface area (Å²) in [5.41, 5.74) is 5.18. The van der Waals surface area contributed by atoms with Crippen molar-refractivity contribution in [3.8, 4) is 17.2 Å². The van der Waals surface area contributed by atoms with Crippen molar-refractivity contribution in [2.24, 2.45) is 0 Å². The van der Waals surface area contributed by atoms with Gasteiger partial charge in [0.15, 0.2) is 11.5 Å². The lowest BCUT2D eigenvalue weighted by Crippen LogP contribution is -2.30. The molecule has 162 valence electrons. The molecule has 0 amide bonds. The van der Waals surface area contributed by atoms with Crippen molar-refractivity contribution >= 4 is 11.9 Å². The lowest BCUT2D eigenvalue weighted by atomic mass is 9.98.